The van der Waals surface area contributed by atoms with E-state index in [1.165, 1.54) is 28.9 Å². The lowest BCUT2D eigenvalue weighted by Gasteiger charge is -2.25. The standard InChI is InChI=1S/C22H23N3O3S.ClH/c1-27-18-10-6-9-16(20(18)28-2)21(26)24-22-23-17-11-12-25(14-19(17)29-22)13-15-7-4-3-5-8-15;/h3-10H,11-14H2,1-2H3,(H,23,24,26);1H. The number of ether oxygens (including phenoxy) is 2. The van der Waals surface area contributed by atoms with Crippen molar-refractivity contribution in [2.45, 2.75) is 19.5 Å². The van der Waals surface area contributed by atoms with Gasteiger partial charge in [-0.2, -0.15) is 0 Å². The van der Waals surface area contributed by atoms with Gasteiger partial charge in [-0.1, -0.05) is 36.4 Å². The molecular weight excluding hydrogens is 422 g/mol. The maximum Gasteiger partial charge on any atom is 0.261 e. The average Bonchev–Trinajstić information content (AvgIpc) is 3.15. The minimum absolute atomic E-state index is 0. The molecule has 1 aromatic heterocycles. The van der Waals surface area contributed by atoms with Crippen molar-refractivity contribution in [1.82, 2.24) is 9.88 Å². The number of benzene rings is 2. The van der Waals surface area contributed by atoms with Crippen LogP contribution >= 0.6 is 23.7 Å². The van der Waals surface area contributed by atoms with Gasteiger partial charge in [0.1, 0.15) is 0 Å². The number of aromatic nitrogens is 1. The van der Waals surface area contributed by atoms with Crippen molar-refractivity contribution >= 4 is 34.8 Å². The maximum absolute atomic E-state index is 12.8. The predicted molar refractivity (Wildman–Crippen MR) is 121 cm³/mol. The molecule has 0 atom stereocenters. The largest absolute Gasteiger partial charge is 0.493 e. The number of thiazole rings is 1. The molecular formula is C22H24ClN3O3S. The fourth-order valence-electron chi connectivity index (χ4n) is 3.51. The third-order valence-corrected chi connectivity index (χ3v) is 5.93. The maximum atomic E-state index is 12.8. The highest BCUT2D eigenvalue weighted by molar-refractivity contribution is 7.15. The Hall–Kier alpha value is -2.61. The van der Waals surface area contributed by atoms with Gasteiger partial charge in [0.2, 0.25) is 0 Å². The quantitative estimate of drug-likeness (QED) is 0.609. The van der Waals surface area contributed by atoms with Crippen molar-refractivity contribution in [2.24, 2.45) is 0 Å². The van der Waals surface area contributed by atoms with E-state index in [0.717, 1.165) is 31.7 Å². The molecule has 2 heterocycles. The van der Waals surface area contributed by atoms with Gasteiger partial charge in [0, 0.05) is 30.9 Å². The normalized spacial score (nSPS) is 13.1. The van der Waals surface area contributed by atoms with Crippen molar-refractivity contribution in [1.29, 1.82) is 0 Å². The second-order valence-electron chi connectivity index (χ2n) is 6.83. The van der Waals surface area contributed by atoms with E-state index in [1.54, 1.807) is 25.3 Å². The summed E-state index contributed by atoms with van der Waals surface area (Å²) in [6.45, 7) is 2.73. The van der Waals surface area contributed by atoms with Crippen molar-refractivity contribution in [3.05, 3.63) is 70.2 Å². The summed E-state index contributed by atoms with van der Waals surface area (Å²) in [7, 11) is 3.08. The number of fused-ring (bicyclic) bond motifs is 1. The molecule has 0 fully saturated rings. The molecule has 158 valence electrons. The minimum Gasteiger partial charge on any atom is -0.493 e. The Labute approximate surface area is 186 Å². The first-order valence-electron chi connectivity index (χ1n) is 9.45. The number of carbonyl (C=O) groups is 1. The first kappa shape index (κ1) is 22.1. The molecule has 0 spiro atoms. The van der Waals surface area contributed by atoms with Crippen LogP contribution in [0.15, 0.2) is 48.5 Å². The number of amides is 1. The molecule has 1 aliphatic heterocycles. The summed E-state index contributed by atoms with van der Waals surface area (Å²) >= 11 is 1.54. The summed E-state index contributed by atoms with van der Waals surface area (Å²) in [6.07, 6.45) is 0.886. The van der Waals surface area contributed by atoms with Crippen molar-refractivity contribution < 1.29 is 14.3 Å². The monoisotopic (exact) mass is 445 g/mol. The first-order chi connectivity index (χ1) is 14.2. The topological polar surface area (TPSA) is 63.7 Å². The Morgan fingerprint density at radius 2 is 1.93 bits per heavy atom. The van der Waals surface area contributed by atoms with Crippen LogP contribution in [0.4, 0.5) is 5.13 Å². The summed E-state index contributed by atoms with van der Waals surface area (Å²) in [6, 6.07) is 15.7. The van der Waals surface area contributed by atoms with E-state index < -0.39 is 0 Å². The lowest BCUT2D eigenvalue weighted by molar-refractivity contribution is 0.102. The van der Waals surface area contributed by atoms with Gasteiger partial charge >= 0.3 is 0 Å². The van der Waals surface area contributed by atoms with Gasteiger partial charge in [-0.05, 0) is 17.7 Å². The molecule has 4 rings (SSSR count). The van der Waals surface area contributed by atoms with Crippen LogP contribution in [0.2, 0.25) is 0 Å². The van der Waals surface area contributed by atoms with E-state index in [4.69, 9.17) is 9.47 Å². The van der Waals surface area contributed by atoms with Crippen LogP contribution in [0, 0.1) is 0 Å². The summed E-state index contributed by atoms with van der Waals surface area (Å²) < 4.78 is 10.6. The van der Waals surface area contributed by atoms with E-state index in [9.17, 15) is 4.79 Å². The fraction of sp³-hybridized carbons (Fsp3) is 0.273. The Bertz CT molecular complexity index is 1010. The van der Waals surface area contributed by atoms with E-state index in [-0.39, 0.29) is 18.3 Å². The van der Waals surface area contributed by atoms with Crippen LogP contribution in [0.5, 0.6) is 11.5 Å². The van der Waals surface area contributed by atoms with E-state index in [1.807, 2.05) is 6.07 Å². The number of rotatable bonds is 6. The van der Waals surface area contributed by atoms with Gasteiger partial charge in [0.15, 0.2) is 16.6 Å². The highest BCUT2D eigenvalue weighted by atomic mass is 35.5. The molecule has 6 nitrogen and oxygen atoms in total. The van der Waals surface area contributed by atoms with E-state index in [0.29, 0.717) is 22.2 Å². The molecule has 0 radical (unpaired) electrons. The zero-order valence-electron chi connectivity index (χ0n) is 16.9. The Morgan fingerprint density at radius 3 is 2.67 bits per heavy atom. The average molecular weight is 446 g/mol. The highest BCUT2D eigenvalue weighted by Crippen LogP contribution is 2.33. The minimum atomic E-state index is -0.256. The van der Waals surface area contributed by atoms with Gasteiger partial charge in [-0.25, -0.2) is 4.98 Å². The summed E-state index contributed by atoms with van der Waals surface area (Å²) in [5, 5.41) is 3.54. The third kappa shape index (κ3) is 4.75. The number of halogens is 1. The van der Waals surface area contributed by atoms with Crippen LogP contribution in [-0.4, -0.2) is 36.6 Å². The van der Waals surface area contributed by atoms with Gasteiger partial charge in [-0.15, -0.1) is 23.7 Å². The summed E-state index contributed by atoms with van der Waals surface area (Å²) in [5.41, 5.74) is 2.80. The van der Waals surface area contributed by atoms with E-state index >= 15 is 0 Å². The molecule has 8 heteroatoms. The smallest absolute Gasteiger partial charge is 0.261 e. The lowest BCUT2D eigenvalue weighted by atomic mass is 10.1. The zero-order chi connectivity index (χ0) is 20.2. The number of methoxy groups -OCH3 is 2. The highest BCUT2D eigenvalue weighted by Gasteiger charge is 2.23. The zero-order valence-corrected chi connectivity index (χ0v) is 18.5. The summed E-state index contributed by atoms with van der Waals surface area (Å²) in [5.74, 6) is 0.686. The van der Waals surface area contributed by atoms with Gasteiger partial charge in [-0.3, -0.25) is 15.0 Å². The van der Waals surface area contributed by atoms with E-state index in [2.05, 4.69) is 39.5 Å². The Kier molecular flexibility index (Phi) is 7.31. The third-order valence-electron chi connectivity index (χ3n) is 4.93. The number of carbonyl (C=O) groups excluding carboxylic acids is 1. The number of nitrogens with zero attached hydrogens (tertiary/aromatic N) is 2. The SMILES string of the molecule is COc1cccc(C(=O)Nc2nc3c(s2)CN(Cc2ccccc2)CC3)c1OC.Cl. The molecule has 30 heavy (non-hydrogen) atoms. The molecule has 0 bridgehead atoms. The molecule has 2 aromatic carbocycles. The number of hydrogen-bond donors (Lipinski definition) is 1. The van der Waals surface area contributed by atoms with Crippen LogP contribution in [0.25, 0.3) is 0 Å². The fourth-order valence-corrected chi connectivity index (χ4v) is 4.55. The van der Waals surface area contributed by atoms with Gasteiger partial charge in [0.05, 0.1) is 25.5 Å². The molecule has 3 aromatic rings. The molecule has 0 aliphatic carbocycles. The molecule has 0 saturated heterocycles. The van der Waals surface area contributed by atoms with Gasteiger partial charge in [0.25, 0.3) is 5.91 Å². The van der Waals surface area contributed by atoms with Crippen molar-refractivity contribution in [3.8, 4) is 11.5 Å². The van der Waals surface area contributed by atoms with Gasteiger partial charge < -0.3 is 9.47 Å². The number of para-hydroxylation sites is 1. The number of anilines is 1. The predicted octanol–water partition coefficient (Wildman–Crippen LogP) is 4.39. The molecule has 0 saturated carbocycles. The molecule has 1 aliphatic rings. The van der Waals surface area contributed by atoms with Crippen molar-refractivity contribution in [2.75, 3.05) is 26.1 Å². The Morgan fingerprint density at radius 1 is 1.13 bits per heavy atom. The summed E-state index contributed by atoms with van der Waals surface area (Å²) in [4.78, 5) is 21.1. The Balaban J connectivity index is 0.00000256. The number of hydrogen-bond acceptors (Lipinski definition) is 6. The lowest BCUT2D eigenvalue weighted by Crippen LogP contribution is -2.29. The molecule has 1 amide bonds. The molecule has 0 unspecified atom stereocenters. The number of nitrogens with one attached hydrogen (secondary N) is 1. The van der Waals surface area contributed by atoms with Crippen LogP contribution in [0.1, 0.15) is 26.5 Å². The van der Waals surface area contributed by atoms with Crippen LogP contribution in [-0.2, 0) is 19.5 Å². The second kappa shape index (κ2) is 9.93. The molecule has 1 N–H and O–H groups in total. The van der Waals surface area contributed by atoms with Crippen LogP contribution in [0.3, 0.4) is 0 Å². The second-order valence-corrected chi connectivity index (χ2v) is 7.91. The van der Waals surface area contributed by atoms with Crippen molar-refractivity contribution in [3.63, 3.8) is 0 Å². The first-order valence-corrected chi connectivity index (χ1v) is 10.3. The van der Waals surface area contributed by atoms with Crippen LogP contribution < -0.4 is 14.8 Å².